The van der Waals surface area contributed by atoms with Crippen LogP contribution in [0.5, 0.6) is 0 Å². The molecule has 0 aliphatic carbocycles. The Morgan fingerprint density at radius 1 is 1.57 bits per heavy atom. The number of ether oxygens (including phenoxy) is 1. The van der Waals surface area contributed by atoms with Crippen LogP contribution in [0, 0.1) is 0 Å². The number of hydrogen-bond acceptors (Lipinski definition) is 3. The molecule has 0 rings (SSSR count). The van der Waals surface area contributed by atoms with Gasteiger partial charge in [-0.2, -0.15) is 0 Å². The number of carbonyl (C=O) groups excluding carboxylic acids is 1. The zero-order valence-electron chi connectivity index (χ0n) is 8.71. The molecule has 0 aromatic heterocycles. The van der Waals surface area contributed by atoms with Crippen molar-refractivity contribution in [2.24, 2.45) is 0 Å². The van der Waals surface area contributed by atoms with E-state index < -0.39 is 0 Å². The highest BCUT2D eigenvalue weighted by Gasteiger charge is 1.98. The van der Waals surface area contributed by atoms with E-state index in [1.54, 1.807) is 0 Å². The summed E-state index contributed by atoms with van der Waals surface area (Å²) in [7, 11) is 0. The molecule has 14 heavy (non-hydrogen) atoms. The lowest BCUT2D eigenvalue weighted by Gasteiger charge is -2.05. The largest absolute Gasteiger partial charge is 0.396 e. The molecule has 4 heteroatoms. The molecule has 0 aromatic rings. The standard InChI is InChI=1S/C10H19NO3/c1-9(2)8-14-7-5-11-10(13)4-3-6-12/h12H,1,3-8H2,2H3,(H,11,13). The summed E-state index contributed by atoms with van der Waals surface area (Å²) < 4.78 is 5.19. The number of aliphatic hydroxyl groups excluding tert-OH is 1. The molecule has 0 aliphatic rings. The van der Waals surface area contributed by atoms with Gasteiger partial charge in [-0.15, -0.1) is 0 Å². The topological polar surface area (TPSA) is 58.6 Å². The first-order chi connectivity index (χ1) is 6.66. The zero-order valence-corrected chi connectivity index (χ0v) is 8.71. The maximum Gasteiger partial charge on any atom is 0.220 e. The van der Waals surface area contributed by atoms with Gasteiger partial charge in [0.1, 0.15) is 0 Å². The lowest BCUT2D eigenvalue weighted by atomic mass is 10.3. The fraction of sp³-hybridized carbons (Fsp3) is 0.700. The number of hydrogen-bond donors (Lipinski definition) is 2. The highest BCUT2D eigenvalue weighted by Crippen LogP contribution is 1.88. The highest BCUT2D eigenvalue weighted by atomic mass is 16.5. The summed E-state index contributed by atoms with van der Waals surface area (Å²) in [6, 6.07) is 0. The second-order valence-corrected chi connectivity index (χ2v) is 3.19. The van der Waals surface area contributed by atoms with Gasteiger partial charge in [-0.1, -0.05) is 12.2 Å². The molecule has 0 saturated carbocycles. The van der Waals surface area contributed by atoms with Gasteiger partial charge < -0.3 is 15.2 Å². The molecule has 4 nitrogen and oxygen atoms in total. The van der Waals surface area contributed by atoms with Gasteiger partial charge in [-0.25, -0.2) is 0 Å². The Labute approximate surface area is 85.0 Å². The molecule has 0 fully saturated rings. The van der Waals surface area contributed by atoms with Gasteiger partial charge in [0.15, 0.2) is 0 Å². The van der Waals surface area contributed by atoms with Crippen molar-refractivity contribution in [2.45, 2.75) is 19.8 Å². The van der Waals surface area contributed by atoms with Crippen LogP contribution in [0.1, 0.15) is 19.8 Å². The Balaban J connectivity index is 3.19. The quantitative estimate of drug-likeness (QED) is 0.443. The fourth-order valence-corrected chi connectivity index (χ4v) is 0.837. The highest BCUT2D eigenvalue weighted by molar-refractivity contribution is 5.75. The number of aliphatic hydroxyl groups is 1. The monoisotopic (exact) mass is 201 g/mol. The summed E-state index contributed by atoms with van der Waals surface area (Å²) in [6.07, 6.45) is 0.884. The van der Waals surface area contributed by atoms with E-state index in [1.807, 2.05) is 6.92 Å². The third-order valence-electron chi connectivity index (χ3n) is 1.48. The van der Waals surface area contributed by atoms with Crippen LogP contribution in [0.3, 0.4) is 0 Å². The number of amides is 1. The summed E-state index contributed by atoms with van der Waals surface area (Å²) >= 11 is 0. The van der Waals surface area contributed by atoms with Crippen LogP contribution in [0.15, 0.2) is 12.2 Å². The van der Waals surface area contributed by atoms with Crippen molar-refractivity contribution in [2.75, 3.05) is 26.4 Å². The molecule has 0 spiro atoms. The minimum absolute atomic E-state index is 0.0435. The third kappa shape index (κ3) is 9.22. The normalized spacial score (nSPS) is 9.86. The van der Waals surface area contributed by atoms with Crippen LogP contribution in [0.2, 0.25) is 0 Å². The Bertz CT molecular complexity index is 180. The minimum atomic E-state index is -0.0435. The van der Waals surface area contributed by atoms with E-state index in [9.17, 15) is 4.79 Å². The Hall–Kier alpha value is -0.870. The maximum absolute atomic E-state index is 11.0. The number of carbonyl (C=O) groups is 1. The van der Waals surface area contributed by atoms with Gasteiger partial charge in [0.05, 0.1) is 13.2 Å². The average molecular weight is 201 g/mol. The average Bonchev–Trinajstić information content (AvgIpc) is 2.13. The third-order valence-corrected chi connectivity index (χ3v) is 1.48. The second-order valence-electron chi connectivity index (χ2n) is 3.19. The van der Waals surface area contributed by atoms with Gasteiger partial charge in [0.2, 0.25) is 5.91 Å². The number of nitrogens with one attached hydrogen (secondary N) is 1. The van der Waals surface area contributed by atoms with Gasteiger partial charge in [-0.3, -0.25) is 4.79 Å². The van der Waals surface area contributed by atoms with Crippen LogP contribution >= 0.6 is 0 Å². The summed E-state index contributed by atoms with van der Waals surface area (Å²) in [4.78, 5) is 11.0. The van der Waals surface area contributed by atoms with E-state index in [4.69, 9.17) is 9.84 Å². The second kappa shape index (κ2) is 8.72. The molecule has 0 saturated heterocycles. The summed E-state index contributed by atoms with van der Waals surface area (Å²) in [5.41, 5.74) is 0.969. The van der Waals surface area contributed by atoms with E-state index in [0.717, 1.165) is 5.57 Å². The minimum Gasteiger partial charge on any atom is -0.396 e. The SMILES string of the molecule is C=C(C)COCCNC(=O)CCCO. The molecular weight excluding hydrogens is 182 g/mol. The van der Waals surface area contributed by atoms with Crippen LogP contribution in [0.25, 0.3) is 0 Å². The van der Waals surface area contributed by atoms with Gasteiger partial charge in [0.25, 0.3) is 0 Å². The molecule has 0 aromatic carbocycles. The summed E-state index contributed by atoms with van der Waals surface area (Å²) in [5, 5.41) is 11.2. The first kappa shape index (κ1) is 13.1. The number of rotatable bonds is 8. The molecular formula is C10H19NO3. The van der Waals surface area contributed by atoms with E-state index in [0.29, 0.717) is 32.6 Å². The van der Waals surface area contributed by atoms with Gasteiger partial charge in [0, 0.05) is 19.6 Å². The first-order valence-corrected chi connectivity index (χ1v) is 4.76. The predicted molar refractivity (Wildman–Crippen MR) is 55.0 cm³/mol. The molecule has 0 aliphatic heterocycles. The maximum atomic E-state index is 11.0. The Morgan fingerprint density at radius 2 is 2.29 bits per heavy atom. The lowest BCUT2D eigenvalue weighted by molar-refractivity contribution is -0.121. The van der Waals surface area contributed by atoms with Crippen molar-refractivity contribution >= 4 is 5.91 Å². The van der Waals surface area contributed by atoms with E-state index in [1.165, 1.54) is 0 Å². The molecule has 0 bridgehead atoms. The molecule has 0 heterocycles. The van der Waals surface area contributed by atoms with Gasteiger partial charge in [-0.05, 0) is 13.3 Å². The van der Waals surface area contributed by atoms with Crippen LogP contribution in [0.4, 0.5) is 0 Å². The zero-order chi connectivity index (χ0) is 10.8. The molecule has 0 atom stereocenters. The van der Waals surface area contributed by atoms with E-state index >= 15 is 0 Å². The van der Waals surface area contributed by atoms with Gasteiger partial charge >= 0.3 is 0 Å². The lowest BCUT2D eigenvalue weighted by Crippen LogP contribution is -2.27. The molecule has 0 radical (unpaired) electrons. The fourth-order valence-electron chi connectivity index (χ4n) is 0.837. The summed E-state index contributed by atoms with van der Waals surface area (Å²) in [5.74, 6) is -0.0435. The van der Waals surface area contributed by atoms with E-state index in [-0.39, 0.29) is 12.5 Å². The van der Waals surface area contributed by atoms with Crippen molar-refractivity contribution in [1.82, 2.24) is 5.32 Å². The van der Waals surface area contributed by atoms with Crippen molar-refractivity contribution in [3.63, 3.8) is 0 Å². The first-order valence-electron chi connectivity index (χ1n) is 4.76. The van der Waals surface area contributed by atoms with Crippen LogP contribution in [-0.4, -0.2) is 37.4 Å². The van der Waals surface area contributed by atoms with Crippen molar-refractivity contribution in [1.29, 1.82) is 0 Å². The van der Waals surface area contributed by atoms with Crippen molar-refractivity contribution in [3.8, 4) is 0 Å². The smallest absolute Gasteiger partial charge is 0.220 e. The van der Waals surface area contributed by atoms with Crippen molar-refractivity contribution < 1.29 is 14.6 Å². The predicted octanol–water partition coefficient (Wildman–Crippen LogP) is 0.468. The molecule has 0 unspecified atom stereocenters. The molecule has 1 amide bonds. The van der Waals surface area contributed by atoms with E-state index in [2.05, 4.69) is 11.9 Å². The van der Waals surface area contributed by atoms with Crippen molar-refractivity contribution in [3.05, 3.63) is 12.2 Å². The molecule has 82 valence electrons. The van der Waals surface area contributed by atoms with Crippen LogP contribution in [-0.2, 0) is 9.53 Å². The van der Waals surface area contributed by atoms with Crippen LogP contribution < -0.4 is 5.32 Å². The molecule has 2 N–H and O–H groups in total. The Kier molecular flexibility index (Phi) is 8.17. The summed E-state index contributed by atoms with van der Waals surface area (Å²) in [6.45, 7) is 7.18. The Morgan fingerprint density at radius 3 is 2.86 bits per heavy atom.